The third-order valence-electron chi connectivity index (χ3n) is 4.04. The highest BCUT2D eigenvalue weighted by Gasteiger charge is 2.21. The van der Waals surface area contributed by atoms with Crippen LogP contribution < -0.4 is 0 Å². The average molecular weight is 306 g/mol. The van der Waals surface area contributed by atoms with Gasteiger partial charge < -0.3 is 15.3 Å². The monoisotopic (exact) mass is 306 g/mol. The molecule has 23 heavy (non-hydrogen) atoms. The molecule has 0 spiro atoms. The van der Waals surface area contributed by atoms with Gasteiger partial charge >= 0.3 is 0 Å². The van der Waals surface area contributed by atoms with E-state index in [1.165, 1.54) is 0 Å². The largest absolute Gasteiger partial charge is 0.508 e. The van der Waals surface area contributed by atoms with Gasteiger partial charge in [-0.3, -0.25) is 0 Å². The van der Waals surface area contributed by atoms with E-state index >= 15 is 0 Å². The lowest BCUT2D eigenvalue weighted by Gasteiger charge is -2.20. The lowest BCUT2D eigenvalue weighted by Crippen LogP contribution is -2.06. The molecule has 0 bridgehead atoms. The molecule has 3 aromatic rings. The molecular weight excluding hydrogens is 288 g/mol. The second-order valence-corrected chi connectivity index (χ2v) is 5.50. The number of hydrogen-bond acceptors (Lipinski definition) is 3. The molecule has 0 heterocycles. The standard InChI is InChI=1S/C20H18O3/c21-18-10-4-1-7-14(18)13-17(15-8-2-5-11-19(15)22)16-9-3-6-12-20(16)23/h1-12,17,21-23H,13H2. The molecule has 3 rings (SSSR count). The summed E-state index contributed by atoms with van der Waals surface area (Å²) in [6.07, 6.45) is 0.474. The fourth-order valence-corrected chi connectivity index (χ4v) is 2.86. The van der Waals surface area contributed by atoms with E-state index in [0.717, 1.165) is 16.7 Å². The minimum atomic E-state index is -0.259. The average Bonchev–Trinajstić information content (AvgIpc) is 2.56. The van der Waals surface area contributed by atoms with E-state index in [4.69, 9.17) is 0 Å². The fourth-order valence-electron chi connectivity index (χ4n) is 2.86. The zero-order valence-electron chi connectivity index (χ0n) is 12.6. The van der Waals surface area contributed by atoms with Crippen molar-refractivity contribution < 1.29 is 15.3 Å². The summed E-state index contributed by atoms with van der Waals surface area (Å²) in [5.41, 5.74) is 2.21. The molecule has 0 aliphatic heterocycles. The van der Waals surface area contributed by atoms with Gasteiger partial charge in [0.25, 0.3) is 0 Å². The van der Waals surface area contributed by atoms with Gasteiger partial charge in [0.05, 0.1) is 0 Å². The van der Waals surface area contributed by atoms with Crippen LogP contribution in [0.25, 0.3) is 0 Å². The normalized spacial score (nSPS) is 10.8. The maximum atomic E-state index is 10.2. The van der Waals surface area contributed by atoms with Crippen LogP contribution in [0.15, 0.2) is 72.8 Å². The van der Waals surface area contributed by atoms with Gasteiger partial charge in [0.2, 0.25) is 0 Å². The molecule has 0 aliphatic carbocycles. The highest BCUT2D eigenvalue weighted by atomic mass is 16.3. The number of benzene rings is 3. The molecular formula is C20H18O3. The molecule has 0 radical (unpaired) electrons. The Morgan fingerprint density at radius 2 is 1.00 bits per heavy atom. The number of hydrogen-bond donors (Lipinski definition) is 3. The molecule has 0 aromatic heterocycles. The molecule has 3 heteroatoms. The van der Waals surface area contributed by atoms with Crippen LogP contribution in [-0.4, -0.2) is 15.3 Å². The van der Waals surface area contributed by atoms with E-state index in [0.29, 0.717) is 6.42 Å². The second kappa shape index (κ2) is 6.44. The first-order valence-electron chi connectivity index (χ1n) is 7.49. The third kappa shape index (κ3) is 3.14. The van der Waals surface area contributed by atoms with Crippen LogP contribution in [0.1, 0.15) is 22.6 Å². The maximum Gasteiger partial charge on any atom is 0.119 e. The van der Waals surface area contributed by atoms with Crippen molar-refractivity contribution in [3.8, 4) is 17.2 Å². The van der Waals surface area contributed by atoms with E-state index in [2.05, 4.69) is 0 Å². The summed E-state index contributed by atoms with van der Waals surface area (Å²) in [4.78, 5) is 0. The van der Waals surface area contributed by atoms with Crippen molar-refractivity contribution in [3.05, 3.63) is 89.5 Å². The predicted molar refractivity (Wildman–Crippen MR) is 89.9 cm³/mol. The molecule has 0 atom stereocenters. The van der Waals surface area contributed by atoms with Crippen molar-refractivity contribution >= 4 is 0 Å². The Kier molecular flexibility index (Phi) is 4.20. The zero-order chi connectivity index (χ0) is 16.2. The first kappa shape index (κ1) is 15.0. The van der Waals surface area contributed by atoms with Crippen LogP contribution in [-0.2, 0) is 6.42 Å². The van der Waals surface area contributed by atoms with Crippen molar-refractivity contribution in [1.29, 1.82) is 0 Å². The number of rotatable bonds is 4. The Balaban J connectivity index is 2.10. The van der Waals surface area contributed by atoms with Gasteiger partial charge in [-0.05, 0) is 30.2 Å². The number of phenols is 3. The number of phenolic OH excluding ortho intramolecular Hbond substituents is 3. The van der Waals surface area contributed by atoms with Gasteiger partial charge in [-0.25, -0.2) is 0 Å². The van der Waals surface area contributed by atoms with Gasteiger partial charge in [-0.15, -0.1) is 0 Å². The molecule has 3 aromatic carbocycles. The van der Waals surface area contributed by atoms with Crippen molar-refractivity contribution in [3.63, 3.8) is 0 Å². The molecule has 0 amide bonds. The first-order valence-corrected chi connectivity index (χ1v) is 7.49. The summed E-state index contributed by atoms with van der Waals surface area (Å²) in [7, 11) is 0. The molecule has 0 unspecified atom stereocenters. The molecule has 3 N–H and O–H groups in total. The highest BCUT2D eigenvalue weighted by molar-refractivity contribution is 5.48. The van der Waals surface area contributed by atoms with Crippen molar-refractivity contribution in [2.24, 2.45) is 0 Å². The molecule has 0 aliphatic rings. The van der Waals surface area contributed by atoms with E-state index in [1.807, 2.05) is 36.4 Å². The second-order valence-electron chi connectivity index (χ2n) is 5.50. The smallest absolute Gasteiger partial charge is 0.119 e. The van der Waals surface area contributed by atoms with Gasteiger partial charge in [0.1, 0.15) is 17.2 Å². The van der Waals surface area contributed by atoms with Gasteiger partial charge in [0, 0.05) is 17.0 Å². The van der Waals surface area contributed by atoms with Gasteiger partial charge in [-0.2, -0.15) is 0 Å². The quantitative estimate of drug-likeness (QED) is 0.677. The highest BCUT2D eigenvalue weighted by Crippen LogP contribution is 2.38. The third-order valence-corrected chi connectivity index (χ3v) is 4.04. The van der Waals surface area contributed by atoms with Crippen LogP contribution in [0, 0.1) is 0 Å². The summed E-state index contributed by atoms with van der Waals surface area (Å²) in [6.45, 7) is 0. The number of para-hydroxylation sites is 3. The van der Waals surface area contributed by atoms with Gasteiger partial charge in [0.15, 0.2) is 0 Å². The Bertz CT molecular complexity index is 766. The predicted octanol–water partition coefficient (Wildman–Crippen LogP) is 4.18. The topological polar surface area (TPSA) is 60.7 Å². The van der Waals surface area contributed by atoms with Crippen LogP contribution in [0.3, 0.4) is 0 Å². The molecule has 0 saturated carbocycles. The van der Waals surface area contributed by atoms with E-state index < -0.39 is 0 Å². The molecule has 116 valence electrons. The SMILES string of the molecule is Oc1ccccc1CC(c1ccccc1O)c1ccccc1O. The van der Waals surface area contributed by atoms with Crippen LogP contribution in [0.5, 0.6) is 17.2 Å². The number of aromatic hydroxyl groups is 3. The van der Waals surface area contributed by atoms with Crippen molar-refractivity contribution in [2.75, 3.05) is 0 Å². The summed E-state index contributed by atoms with van der Waals surface area (Å²) in [5, 5.41) is 30.5. The lowest BCUT2D eigenvalue weighted by atomic mass is 9.84. The van der Waals surface area contributed by atoms with Crippen molar-refractivity contribution in [1.82, 2.24) is 0 Å². The summed E-state index contributed by atoms with van der Waals surface area (Å²) in [5.74, 6) is 0.307. The molecule has 0 saturated heterocycles. The molecule has 0 fully saturated rings. The Labute approximate surface area is 135 Å². The van der Waals surface area contributed by atoms with Crippen molar-refractivity contribution in [2.45, 2.75) is 12.3 Å². The fraction of sp³-hybridized carbons (Fsp3) is 0.100. The summed E-state index contributed by atoms with van der Waals surface area (Å²) < 4.78 is 0. The van der Waals surface area contributed by atoms with E-state index in [-0.39, 0.29) is 23.2 Å². The Morgan fingerprint density at radius 3 is 1.48 bits per heavy atom. The minimum absolute atomic E-state index is 0.177. The zero-order valence-corrected chi connectivity index (χ0v) is 12.6. The Hall–Kier alpha value is -2.94. The Morgan fingerprint density at radius 1 is 0.565 bits per heavy atom. The van der Waals surface area contributed by atoms with E-state index in [9.17, 15) is 15.3 Å². The maximum absolute atomic E-state index is 10.2. The van der Waals surface area contributed by atoms with Crippen LogP contribution in [0.2, 0.25) is 0 Å². The van der Waals surface area contributed by atoms with Gasteiger partial charge in [-0.1, -0.05) is 54.6 Å². The minimum Gasteiger partial charge on any atom is -0.508 e. The van der Waals surface area contributed by atoms with E-state index in [1.54, 1.807) is 36.4 Å². The molecule has 3 nitrogen and oxygen atoms in total. The summed E-state index contributed by atoms with van der Waals surface area (Å²) >= 11 is 0. The summed E-state index contributed by atoms with van der Waals surface area (Å²) in [6, 6.07) is 21.3. The van der Waals surface area contributed by atoms with Crippen LogP contribution in [0.4, 0.5) is 0 Å². The van der Waals surface area contributed by atoms with Crippen LogP contribution >= 0.6 is 0 Å². The lowest BCUT2D eigenvalue weighted by molar-refractivity contribution is 0.448. The first-order chi connectivity index (χ1) is 11.2.